The molecule has 0 spiro atoms. The second-order valence-electron chi connectivity index (χ2n) is 4.10. The van der Waals surface area contributed by atoms with Crippen LogP contribution in [0.1, 0.15) is 12.1 Å². The molecule has 0 radical (unpaired) electrons. The number of rotatable bonds is 2. The Labute approximate surface area is 103 Å². The lowest BCUT2D eigenvalue weighted by Crippen LogP contribution is -2.27. The van der Waals surface area contributed by atoms with E-state index in [9.17, 15) is 22.2 Å². The molecular weight excluding hydrogens is 263 g/mol. The van der Waals surface area contributed by atoms with E-state index in [4.69, 9.17) is 0 Å². The Morgan fingerprint density at radius 3 is 2.72 bits per heavy atom. The standard InChI is InChI=1S/C10H11FN2O4S/c1-6-2-3-8(14)10(12-6)13-5-7(4-9(13)15)18(11,16)17/h2-3,7,14H,4-5H2,1H3. The molecule has 0 aromatic carbocycles. The van der Waals surface area contributed by atoms with Crippen molar-refractivity contribution in [3.05, 3.63) is 17.8 Å². The van der Waals surface area contributed by atoms with Gasteiger partial charge in [-0.2, -0.15) is 8.42 Å². The van der Waals surface area contributed by atoms with E-state index >= 15 is 0 Å². The molecule has 1 aliphatic rings. The van der Waals surface area contributed by atoms with Gasteiger partial charge in [-0.15, -0.1) is 3.89 Å². The second kappa shape index (κ2) is 4.20. The number of carbonyl (C=O) groups excluding carboxylic acids is 1. The average molecular weight is 274 g/mol. The summed E-state index contributed by atoms with van der Waals surface area (Å²) in [6.07, 6.45) is -0.437. The first-order valence-electron chi connectivity index (χ1n) is 5.19. The lowest BCUT2D eigenvalue weighted by molar-refractivity contribution is -0.117. The Kier molecular flexibility index (Phi) is 2.97. The molecule has 1 amide bonds. The van der Waals surface area contributed by atoms with Crippen LogP contribution in [-0.4, -0.2) is 36.2 Å². The van der Waals surface area contributed by atoms with Crippen LogP contribution >= 0.6 is 0 Å². The number of halogens is 1. The largest absolute Gasteiger partial charge is 0.504 e. The molecule has 0 saturated carbocycles. The second-order valence-corrected chi connectivity index (χ2v) is 5.72. The summed E-state index contributed by atoms with van der Waals surface area (Å²) in [4.78, 5) is 16.6. The highest BCUT2D eigenvalue weighted by Gasteiger charge is 2.40. The molecule has 1 aromatic rings. The summed E-state index contributed by atoms with van der Waals surface area (Å²) < 4.78 is 34.4. The van der Waals surface area contributed by atoms with E-state index in [2.05, 4.69) is 4.98 Å². The highest BCUT2D eigenvalue weighted by Crippen LogP contribution is 2.30. The van der Waals surface area contributed by atoms with Gasteiger partial charge in [0.05, 0.1) is 0 Å². The van der Waals surface area contributed by atoms with Gasteiger partial charge in [-0.05, 0) is 19.1 Å². The third kappa shape index (κ3) is 2.28. The Hall–Kier alpha value is -1.70. The summed E-state index contributed by atoms with van der Waals surface area (Å²) in [5.74, 6) is -0.855. The molecule has 0 aliphatic carbocycles. The van der Waals surface area contributed by atoms with Gasteiger partial charge >= 0.3 is 10.2 Å². The molecule has 1 unspecified atom stereocenters. The molecule has 1 saturated heterocycles. The first-order chi connectivity index (χ1) is 8.29. The number of hydrogen-bond donors (Lipinski definition) is 1. The minimum atomic E-state index is -4.77. The van der Waals surface area contributed by atoms with Crippen LogP contribution in [0.4, 0.5) is 9.70 Å². The van der Waals surface area contributed by atoms with Crippen molar-refractivity contribution in [2.45, 2.75) is 18.6 Å². The lowest BCUT2D eigenvalue weighted by atomic mass is 10.3. The zero-order valence-electron chi connectivity index (χ0n) is 9.50. The first-order valence-corrected chi connectivity index (χ1v) is 6.64. The fourth-order valence-corrected chi connectivity index (χ4v) is 2.47. The number of aryl methyl sites for hydroxylation is 1. The molecule has 6 nitrogen and oxygen atoms in total. The number of anilines is 1. The normalized spacial score (nSPS) is 20.4. The fourth-order valence-electron chi connectivity index (χ4n) is 1.80. The molecule has 2 rings (SSSR count). The van der Waals surface area contributed by atoms with Gasteiger partial charge in [-0.1, -0.05) is 0 Å². The summed E-state index contributed by atoms with van der Waals surface area (Å²) in [7, 11) is -4.77. The van der Waals surface area contributed by atoms with Crippen molar-refractivity contribution < 1.29 is 22.2 Å². The van der Waals surface area contributed by atoms with E-state index in [0.717, 1.165) is 4.90 Å². The Morgan fingerprint density at radius 1 is 1.50 bits per heavy atom. The Morgan fingerprint density at radius 2 is 2.17 bits per heavy atom. The lowest BCUT2D eigenvalue weighted by Gasteiger charge is -2.16. The van der Waals surface area contributed by atoms with Crippen LogP contribution in [0.2, 0.25) is 0 Å². The average Bonchev–Trinajstić information content (AvgIpc) is 2.64. The van der Waals surface area contributed by atoms with E-state index in [1.807, 2.05) is 0 Å². The summed E-state index contributed by atoms with van der Waals surface area (Å²) in [5, 5.41) is 8.21. The van der Waals surface area contributed by atoms with E-state index < -0.39 is 27.8 Å². The summed E-state index contributed by atoms with van der Waals surface area (Å²) in [6, 6.07) is 2.89. The van der Waals surface area contributed by atoms with Gasteiger partial charge in [-0.3, -0.25) is 9.69 Å². The van der Waals surface area contributed by atoms with Crippen molar-refractivity contribution in [1.82, 2.24) is 4.98 Å². The maximum atomic E-state index is 12.8. The zero-order valence-corrected chi connectivity index (χ0v) is 10.3. The van der Waals surface area contributed by atoms with Crippen LogP contribution in [0.15, 0.2) is 12.1 Å². The zero-order chi connectivity index (χ0) is 13.5. The highest BCUT2D eigenvalue weighted by molar-refractivity contribution is 7.87. The van der Waals surface area contributed by atoms with Crippen molar-refractivity contribution in [3.63, 3.8) is 0 Å². The monoisotopic (exact) mass is 274 g/mol. The maximum absolute atomic E-state index is 12.8. The van der Waals surface area contributed by atoms with Crippen LogP contribution in [0, 0.1) is 6.92 Å². The molecule has 1 aromatic heterocycles. The van der Waals surface area contributed by atoms with Crippen molar-refractivity contribution in [3.8, 4) is 5.75 Å². The van der Waals surface area contributed by atoms with Crippen LogP contribution < -0.4 is 4.90 Å². The molecular formula is C10H11FN2O4S. The minimum Gasteiger partial charge on any atom is -0.504 e. The van der Waals surface area contributed by atoms with Gasteiger partial charge in [0, 0.05) is 18.7 Å². The van der Waals surface area contributed by atoms with E-state index in [1.54, 1.807) is 13.0 Å². The number of pyridine rings is 1. The number of nitrogens with zero attached hydrogens (tertiary/aromatic N) is 2. The van der Waals surface area contributed by atoms with Gasteiger partial charge in [0.15, 0.2) is 11.6 Å². The topological polar surface area (TPSA) is 87.6 Å². The smallest absolute Gasteiger partial charge is 0.307 e. The van der Waals surface area contributed by atoms with Gasteiger partial charge < -0.3 is 5.11 Å². The summed E-state index contributed by atoms with van der Waals surface area (Å²) in [6.45, 7) is 1.33. The molecule has 1 atom stereocenters. The molecule has 98 valence electrons. The number of aromatic nitrogens is 1. The van der Waals surface area contributed by atoms with Crippen molar-refractivity contribution in [1.29, 1.82) is 0 Å². The molecule has 8 heteroatoms. The maximum Gasteiger partial charge on any atom is 0.307 e. The first kappa shape index (κ1) is 12.7. The number of hydrogen-bond acceptors (Lipinski definition) is 5. The van der Waals surface area contributed by atoms with Crippen molar-refractivity contribution in [2.24, 2.45) is 0 Å². The number of aromatic hydroxyl groups is 1. The third-order valence-electron chi connectivity index (χ3n) is 2.74. The Balaban J connectivity index is 2.35. The third-order valence-corrected chi connectivity index (χ3v) is 3.85. The van der Waals surface area contributed by atoms with Crippen LogP contribution in [0.25, 0.3) is 0 Å². The van der Waals surface area contributed by atoms with Crippen LogP contribution in [0.3, 0.4) is 0 Å². The summed E-state index contributed by atoms with van der Waals surface area (Å²) in [5.41, 5.74) is 0.558. The predicted molar refractivity (Wildman–Crippen MR) is 61.4 cm³/mol. The van der Waals surface area contributed by atoms with Crippen LogP contribution in [0.5, 0.6) is 5.75 Å². The molecule has 1 N–H and O–H groups in total. The van der Waals surface area contributed by atoms with E-state index in [0.29, 0.717) is 5.69 Å². The molecule has 1 fully saturated rings. The van der Waals surface area contributed by atoms with Crippen molar-refractivity contribution >= 4 is 21.9 Å². The Bertz CT molecular complexity index is 602. The van der Waals surface area contributed by atoms with Gasteiger partial charge in [0.25, 0.3) is 0 Å². The highest BCUT2D eigenvalue weighted by atomic mass is 32.3. The quantitative estimate of drug-likeness (QED) is 0.793. The number of carbonyl (C=O) groups is 1. The molecule has 0 bridgehead atoms. The van der Waals surface area contributed by atoms with Crippen LogP contribution in [-0.2, 0) is 15.0 Å². The molecule has 1 aliphatic heterocycles. The fraction of sp³-hybridized carbons (Fsp3) is 0.400. The van der Waals surface area contributed by atoms with E-state index in [-0.39, 0.29) is 18.1 Å². The SMILES string of the molecule is Cc1ccc(O)c(N2CC(S(=O)(=O)F)CC2=O)n1. The van der Waals surface area contributed by atoms with Crippen molar-refractivity contribution in [2.75, 3.05) is 11.4 Å². The number of amides is 1. The van der Waals surface area contributed by atoms with Gasteiger partial charge in [-0.25, -0.2) is 4.98 Å². The summed E-state index contributed by atoms with van der Waals surface area (Å²) >= 11 is 0. The molecule has 2 heterocycles. The van der Waals surface area contributed by atoms with Gasteiger partial charge in [0.1, 0.15) is 5.25 Å². The minimum absolute atomic E-state index is 0.0360. The van der Waals surface area contributed by atoms with E-state index in [1.165, 1.54) is 6.07 Å². The predicted octanol–water partition coefficient (Wildman–Crippen LogP) is 0.500. The van der Waals surface area contributed by atoms with Gasteiger partial charge in [0.2, 0.25) is 5.91 Å². The molecule has 18 heavy (non-hydrogen) atoms.